The minimum absolute atomic E-state index is 0.0572. The first-order chi connectivity index (χ1) is 8.97. The van der Waals surface area contributed by atoms with Gasteiger partial charge in [-0.2, -0.15) is 0 Å². The van der Waals surface area contributed by atoms with Crippen LogP contribution in [-0.4, -0.2) is 28.9 Å². The molecule has 0 aromatic heterocycles. The van der Waals surface area contributed by atoms with Gasteiger partial charge in [-0.25, -0.2) is 4.39 Å². The van der Waals surface area contributed by atoms with E-state index in [2.05, 4.69) is 13.5 Å². The molecule has 4 unspecified atom stereocenters. The number of halogens is 1. The van der Waals surface area contributed by atoms with Crippen LogP contribution in [0.5, 0.6) is 0 Å². The van der Waals surface area contributed by atoms with Crippen molar-refractivity contribution in [2.24, 2.45) is 17.1 Å². The van der Waals surface area contributed by atoms with Gasteiger partial charge in [0.2, 0.25) is 5.91 Å². The molecule has 0 radical (unpaired) electrons. The zero-order valence-electron chi connectivity index (χ0n) is 11.6. The molecule has 2 N–H and O–H groups in total. The summed E-state index contributed by atoms with van der Waals surface area (Å²) in [6, 6.07) is -0.122. The zero-order valence-corrected chi connectivity index (χ0v) is 11.6. The summed E-state index contributed by atoms with van der Waals surface area (Å²) >= 11 is 0. The molecule has 106 valence electrons. The van der Waals surface area contributed by atoms with Crippen molar-refractivity contribution in [2.75, 3.05) is 0 Å². The number of rotatable bonds is 3. The summed E-state index contributed by atoms with van der Waals surface area (Å²) in [7, 11) is 0. The number of piperidine rings is 1. The molecule has 1 saturated heterocycles. The SMILES string of the molecule is C=C(F)C1(C(N)C(=O)N2C(C)CC3CC32)CCCC1. The standard InChI is InChI=1S/C15H23FN2O/c1-9-7-11-8-12(11)18(9)14(19)13(17)15(10(2)16)5-3-4-6-15/h9,11-13H,2-8,17H2,1H3. The Morgan fingerprint density at radius 3 is 2.53 bits per heavy atom. The lowest BCUT2D eigenvalue weighted by Gasteiger charge is -2.36. The summed E-state index contributed by atoms with van der Waals surface area (Å²) in [4.78, 5) is 14.6. The van der Waals surface area contributed by atoms with Crippen LogP contribution in [0.4, 0.5) is 4.39 Å². The van der Waals surface area contributed by atoms with E-state index in [-0.39, 0.29) is 11.9 Å². The van der Waals surface area contributed by atoms with Crippen LogP contribution in [0.25, 0.3) is 0 Å². The third-order valence-electron chi connectivity index (χ3n) is 5.51. The van der Waals surface area contributed by atoms with Crippen LogP contribution in [0.15, 0.2) is 12.4 Å². The fourth-order valence-electron chi connectivity index (χ4n) is 4.24. The molecule has 1 heterocycles. The number of hydrogen-bond acceptors (Lipinski definition) is 2. The van der Waals surface area contributed by atoms with Crippen LogP contribution in [0.1, 0.15) is 45.4 Å². The van der Waals surface area contributed by atoms with Gasteiger partial charge in [0.1, 0.15) is 5.83 Å². The molecule has 4 atom stereocenters. The van der Waals surface area contributed by atoms with Crippen molar-refractivity contribution in [1.29, 1.82) is 0 Å². The van der Waals surface area contributed by atoms with Crippen molar-refractivity contribution in [2.45, 2.75) is 63.6 Å². The number of nitrogens with zero attached hydrogens (tertiary/aromatic N) is 1. The van der Waals surface area contributed by atoms with E-state index in [9.17, 15) is 9.18 Å². The van der Waals surface area contributed by atoms with Gasteiger partial charge in [0.25, 0.3) is 0 Å². The molecule has 3 aliphatic rings. The van der Waals surface area contributed by atoms with Crippen molar-refractivity contribution in [3.63, 3.8) is 0 Å². The Bertz CT molecular complexity index is 414. The van der Waals surface area contributed by atoms with Crippen LogP contribution < -0.4 is 5.73 Å². The van der Waals surface area contributed by atoms with E-state index < -0.39 is 17.3 Å². The molecule has 0 aromatic carbocycles. The molecule has 4 heteroatoms. The van der Waals surface area contributed by atoms with Crippen LogP contribution in [0.3, 0.4) is 0 Å². The molecule has 3 fully saturated rings. The average Bonchev–Trinajstić information content (AvgIpc) is 2.83. The van der Waals surface area contributed by atoms with E-state index in [0.29, 0.717) is 24.8 Å². The van der Waals surface area contributed by atoms with Crippen molar-refractivity contribution in [3.05, 3.63) is 12.4 Å². The third-order valence-corrected chi connectivity index (χ3v) is 5.51. The Balaban J connectivity index is 1.80. The van der Waals surface area contributed by atoms with Crippen molar-refractivity contribution in [1.82, 2.24) is 4.90 Å². The van der Waals surface area contributed by atoms with E-state index in [1.54, 1.807) is 0 Å². The summed E-state index contributed by atoms with van der Waals surface area (Å²) < 4.78 is 13.9. The molecule has 0 aromatic rings. The molecule has 2 saturated carbocycles. The van der Waals surface area contributed by atoms with E-state index >= 15 is 0 Å². The van der Waals surface area contributed by atoms with Gasteiger partial charge in [0.15, 0.2) is 0 Å². The maximum absolute atomic E-state index is 13.9. The van der Waals surface area contributed by atoms with Crippen LogP contribution in [0.2, 0.25) is 0 Å². The number of nitrogens with two attached hydrogens (primary N) is 1. The van der Waals surface area contributed by atoms with Gasteiger partial charge in [0, 0.05) is 17.5 Å². The Morgan fingerprint density at radius 1 is 1.42 bits per heavy atom. The van der Waals surface area contributed by atoms with Gasteiger partial charge in [-0.3, -0.25) is 4.79 Å². The van der Waals surface area contributed by atoms with Crippen LogP contribution >= 0.6 is 0 Å². The quantitative estimate of drug-likeness (QED) is 0.852. The van der Waals surface area contributed by atoms with E-state index in [0.717, 1.165) is 25.7 Å². The molecular formula is C15H23FN2O. The first-order valence-electron chi connectivity index (χ1n) is 7.40. The Kier molecular flexibility index (Phi) is 2.97. The Morgan fingerprint density at radius 2 is 2.05 bits per heavy atom. The van der Waals surface area contributed by atoms with Gasteiger partial charge >= 0.3 is 0 Å². The van der Waals surface area contributed by atoms with Crippen molar-refractivity contribution < 1.29 is 9.18 Å². The molecule has 3 nitrogen and oxygen atoms in total. The minimum Gasteiger partial charge on any atom is -0.335 e. The molecule has 0 bridgehead atoms. The van der Waals surface area contributed by atoms with Crippen LogP contribution in [0, 0.1) is 11.3 Å². The smallest absolute Gasteiger partial charge is 0.240 e. The number of likely N-dealkylation sites (tertiary alicyclic amines) is 1. The van der Waals surface area contributed by atoms with Gasteiger partial charge in [-0.05, 0) is 38.5 Å². The fourth-order valence-corrected chi connectivity index (χ4v) is 4.24. The molecule has 0 spiro atoms. The summed E-state index contributed by atoms with van der Waals surface area (Å²) in [5.74, 6) is 0.211. The second kappa shape index (κ2) is 4.30. The van der Waals surface area contributed by atoms with Gasteiger partial charge < -0.3 is 10.6 Å². The second-order valence-corrected chi connectivity index (χ2v) is 6.64. The number of hydrogen-bond donors (Lipinski definition) is 1. The summed E-state index contributed by atoms with van der Waals surface area (Å²) in [5.41, 5.74) is 5.39. The first-order valence-corrected chi connectivity index (χ1v) is 7.40. The second-order valence-electron chi connectivity index (χ2n) is 6.64. The molecule has 3 rings (SSSR count). The highest BCUT2D eigenvalue weighted by Gasteiger charge is 2.56. The predicted molar refractivity (Wildman–Crippen MR) is 71.9 cm³/mol. The van der Waals surface area contributed by atoms with Crippen molar-refractivity contribution >= 4 is 5.91 Å². The number of amides is 1. The highest BCUT2D eigenvalue weighted by Crippen LogP contribution is 2.51. The summed E-state index contributed by atoms with van der Waals surface area (Å²) in [6.07, 6.45) is 5.37. The maximum atomic E-state index is 13.9. The van der Waals surface area contributed by atoms with E-state index in [1.807, 2.05) is 4.90 Å². The lowest BCUT2D eigenvalue weighted by molar-refractivity contribution is -0.137. The number of carbonyl (C=O) groups excluding carboxylic acids is 1. The molecular weight excluding hydrogens is 243 g/mol. The summed E-state index contributed by atoms with van der Waals surface area (Å²) in [5, 5.41) is 0. The monoisotopic (exact) mass is 266 g/mol. The molecule has 1 aliphatic heterocycles. The van der Waals surface area contributed by atoms with Crippen LogP contribution in [-0.2, 0) is 4.79 Å². The normalized spacial score (nSPS) is 37.0. The van der Waals surface area contributed by atoms with E-state index in [1.165, 1.54) is 0 Å². The lowest BCUT2D eigenvalue weighted by Crippen LogP contribution is -2.54. The Labute approximate surface area is 114 Å². The first kappa shape index (κ1) is 13.1. The third kappa shape index (κ3) is 1.83. The van der Waals surface area contributed by atoms with E-state index in [4.69, 9.17) is 5.73 Å². The lowest BCUT2D eigenvalue weighted by atomic mass is 9.77. The largest absolute Gasteiger partial charge is 0.335 e. The molecule has 1 amide bonds. The minimum atomic E-state index is -0.802. The summed E-state index contributed by atoms with van der Waals surface area (Å²) in [6.45, 7) is 5.54. The molecule has 19 heavy (non-hydrogen) atoms. The average molecular weight is 266 g/mol. The van der Waals surface area contributed by atoms with Crippen molar-refractivity contribution in [3.8, 4) is 0 Å². The zero-order chi connectivity index (χ0) is 13.8. The van der Waals surface area contributed by atoms with Gasteiger partial charge in [-0.15, -0.1) is 0 Å². The topological polar surface area (TPSA) is 46.3 Å². The maximum Gasteiger partial charge on any atom is 0.240 e. The number of carbonyl (C=O) groups is 1. The number of fused-ring (bicyclic) bond motifs is 1. The fraction of sp³-hybridized carbons (Fsp3) is 0.800. The predicted octanol–water partition coefficient (Wildman–Crippen LogP) is 2.37. The van der Waals surface area contributed by atoms with Gasteiger partial charge in [0.05, 0.1) is 6.04 Å². The highest BCUT2D eigenvalue weighted by atomic mass is 19.1. The molecule has 2 aliphatic carbocycles. The highest BCUT2D eigenvalue weighted by molar-refractivity contribution is 5.84. The Hall–Kier alpha value is -0.900. The van der Waals surface area contributed by atoms with Gasteiger partial charge in [-0.1, -0.05) is 19.4 Å².